The number of anilines is 2. The minimum atomic E-state index is 0.473. The van der Waals surface area contributed by atoms with Crippen molar-refractivity contribution in [2.24, 2.45) is 0 Å². The van der Waals surface area contributed by atoms with E-state index < -0.39 is 0 Å². The van der Waals surface area contributed by atoms with E-state index in [4.69, 9.17) is 0 Å². The van der Waals surface area contributed by atoms with Crippen LogP contribution in [0, 0.1) is 0 Å². The summed E-state index contributed by atoms with van der Waals surface area (Å²) in [5.41, 5.74) is 2.61. The van der Waals surface area contributed by atoms with Crippen molar-refractivity contribution in [2.45, 2.75) is 38.8 Å². The topological polar surface area (TPSA) is 27.3 Å². The van der Waals surface area contributed by atoms with Gasteiger partial charge in [-0.15, -0.1) is 0 Å². The summed E-state index contributed by atoms with van der Waals surface area (Å²) in [7, 11) is 2.06. The number of para-hydroxylation sites is 2. The molecule has 0 unspecified atom stereocenters. The Morgan fingerprint density at radius 3 is 2.44 bits per heavy atom. The van der Waals surface area contributed by atoms with E-state index in [9.17, 15) is 0 Å². The molecule has 2 rings (SSSR count). The highest BCUT2D eigenvalue weighted by Gasteiger charge is 2.19. The highest BCUT2D eigenvalue weighted by molar-refractivity contribution is 5.70. The standard InChI is InChI=1S/C15H25N3/c1-12(2)17-14-6-4-5-7-15(14)18-10-8-13(16-3)9-11-18/h4-7,12-13,16-17H,8-11H2,1-3H3. The van der Waals surface area contributed by atoms with Crippen LogP contribution >= 0.6 is 0 Å². The molecule has 3 nitrogen and oxygen atoms in total. The third-order valence-corrected chi connectivity index (χ3v) is 3.59. The number of benzene rings is 1. The van der Waals surface area contributed by atoms with Gasteiger partial charge in [-0.1, -0.05) is 12.1 Å². The third-order valence-electron chi connectivity index (χ3n) is 3.59. The third kappa shape index (κ3) is 3.16. The zero-order chi connectivity index (χ0) is 13.0. The molecule has 1 fully saturated rings. The van der Waals surface area contributed by atoms with Crippen molar-refractivity contribution in [3.63, 3.8) is 0 Å². The molecule has 1 heterocycles. The molecule has 0 radical (unpaired) electrons. The fourth-order valence-electron chi connectivity index (χ4n) is 2.59. The molecule has 1 aromatic carbocycles. The molecule has 0 amide bonds. The zero-order valence-corrected chi connectivity index (χ0v) is 11.7. The summed E-state index contributed by atoms with van der Waals surface area (Å²) < 4.78 is 0. The summed E-state index contributed by atoms with van der Waals surface area (Å²) in [4.78, 5) is 2.50. The second-order valence-electron chi connectivity index (χ2n) is 5.37. The molecule has 1 aliphatic rings. The molecule has 0 spiro atoms. The molecule has 0 atom stereocenters. The first-order valence-electron chi connectivity index (χ1n) is 6.98. The van der Waals surface area contributed by atoms with E-state index in [0.29, 0.717) is 12.1 Å². The molecule has 100 valence electrons. The molecular formula is C15H25N3. The summed E-state index contributed by atoms with van der Waals surface area (Å²) in [5, 5.41) is 6.92. The van der Waals surface area contributed by atoms with Crippen LogP contribution in [0.5, 0.6) is 0 Å². The van der Waals surface area contributed by atoms with E-state index in [1.165, 1.54) is 24.2 Å². The number of nitrogens with zero attached hydrogens (tertiary/aromatic N) is 1. The van der Waals surface area contributed by atoms with Gasteiger partial charge in [-0.2, -0.15) is 0 Å². The van der Waals surface area contributed by atoms with Crippen LogP contribution in [0.25, 0.3) is 0 Å². The van der Waals surface area contributed by atoms with Crippen molar-refractivity contribution in [3.8, 4) is 0 Å². The first kappa shape index (κ1) is 13.2. The maximum Gasteiger partial charge on any atom is 0.0602 e. The van der Waals surface area contributed by atoms with Gasteiger partial charge < -0.3 is 15.5 Å². The summed E-state index contributed by atoms with van der Waals surface area (Å²) in [6.45, 7) is 6.65. The van der Waals surface area contributed by atoms with Crippen LogP contribution in [0.1, 0.15) is 26.7 Å². The summed E-state index contributed by atoms with van der Waals surface area (Å²) in [6, 6.07) is 9.80. The second-order valence-corrected chi connectivity index (χ2v) is 5.37. The van der Waals surface area contributed by atoms with E-state index in [-0.39, 0.29) is 0 Å². The molecule has 18 heavy (non-hydrogen) atoms. The largest absolute Gasteiger partial charge is 0.381 e. The summed E-state index contributed by atoms with van der Waals surface area (Å²) in [6.07, 6.45) is 2.46. The minimum Gasteiger partial charge on any atom is -0.381 e. The Hall–Kier alpha value is -1.22. The quantitative estimate of drug-likeness (QED) is 0.856. The van der Waals surface area contributed by atoms with Crippen LogP contribution in [-0.2, 0) is 0 Å². The average Bonchev–Trinajstić information content (AvgIpc) is 2.39. The van der Waals surface area contributed by atoms with Gasteiger partial charge in [0.15, 0.2) is 0 Å². The zero-order valence-electron chi connectivity index (χ0n) is 11.7. The fourth-order valence-corrected chi connectivity index (χ4v) is 2.59. The Balaban J connectivity index is 2.08. The van der Waals surface area contributed by atoms with Crippen molar-refractivity contribution < 1.29 is 0 Å². The minimum absolute atomic E-state index is 0.473. The Morgan fingerprint density at radius 2 is 1.83 bits per heavy atom. The lowest BCUT2D eigenvalue weighted by Gasteiger charge is -2.35. The number of rotatable bonds is 4. The second kappa shape index (κ2) is 6.10. The number of nitrogens with one attached hydrogen (secondary N) is 2. The molecule has 2 N–H and O–H groups in total. The van der Waals surface area contributed by atoms with Gasteiger partial charge in [0.25, 0.3) is 0 Å². The maximum absolute atomic E-state index is 3.54. The van der Waals surface area contributed by atoms with Gasteiger partial charge in [0.2, 0.25) is 0 Å². The fraction of sp³-hybridized carbons (Fsp3) is 0.600. The highest BCUT2D eigenvalue weighted by atomic mass is 15.2. The van der Waals surface area contributed by atoms with Crippen LogP contribution in [0.15, 0.2) is 24.3 Å². The predicted octanol–water partition coefficient (Wildman–Crippen LogP) is 2.70. The first-order valence-corrected chi connectivity index (χ1v) is 6.98. The van der Waals surface area contributed by atoms with Crippen LogP contribution in [0.2, 0.25) is 0 Å². The highest BCUT2D eigenvalue weighted by Crippen LogP contribution is 2.28. The SMILES string of the molecule is CNC1CCN(c2ccccc2NC(C)C)CC1. The van der Waals surface area contributed by atoms with E-state index in [1.807, 2.05) is 0 Å². The molecule has 1 saturated heterocycles. The molecule has 1 aliphatic heterocycles. The van der Waals surface area contributed by atoms with E-state index >= 15 is 0 Å². The summed E-state index contributed by atoms with van der Waals surface area (Å²) in [5.74, 6) is 0. The van der Waals surface area contributed by atoms with E-state index in [1.54, 1.807) is 0 Å². The molecule has 0 aliphatic carbocycles. The predicted molar refractivity (Wildman–Crippen MR) is 79.5 cm³/mol. The number of hydrogen-bond donors (Lipinski definition) is 2. The molecule has 0 bridgehead atoms. The molecule has 0 saturated carbocycles. The molecule has 0 aromatic heterocycles. The van der Waals surface area contributed by atoms with Crippen molar-refractivity contribution >= 4 is 11.4 Å². The molecule has 3 heteroatoms. The van der Waals surface area contributed by atoms with Gasteiger partial charge in [-0.05, 0) is 45.9 Å². The van der Waals surface area contributed by atoms with Crippen LogP contribution in [0.3, 0.4) is 0 Å². The number of hydrogen-bond acceptors (Lipinski definition) is 3. The molecule has 1 aromatic rings. The van der Waals surface area contributed by atoms with E-state index in [0.717, 1.165) is 13.1 Å². The maximum atomic E-state index is 3.54. The smallest absolute Gasteiger partial charge is 0.0602 e. The van der Waals surface area contributed by atoms with Gasteiger partial charge in [0.05, 0.1) is 11.4 Å². The normalized spacial score (nSPS) is 17.2. The Kier molecular flexibility index (Phi) is 4.48. The van der Waals surface area contributed by atoms with Gasteiger partial charge in [0, 0.05) is 25.2 Å². The van der Waals surface area contributed by atoms with Crippen LogP contribution in [-0.4, -0.2) is 32.2 Å². The van der Waals surface area contributed by atoms with Gasteiger partial charge >= 0.3 is 0 Å². The van der Waals surface area contributed by atoms with Crippen molar-refractivity contribution in [1.29, 1.82) is 0 Å². The van der Waals surface area contributed by atoms with Crippen molar-refractivity contribution in [2.75, 3.05) is 30.4 Å². The number of piperidine rings is 1. The van der Waals surface area contributed by atoms with Gasteiger partial charge in [-0.25, -0.2) is 0 Å². The van der Waals surface area contributed by atoms with Gasteiger partial charge in [-0.3, -0.25) is 0 Å². The summed E-state index contributed by atoms with van der Waals surface area (Å²) >= 11 is 0. The molecular weight excluding hydrogens is 222 g/mol. The van der Waals surface area contributed by atoms with E-state index in [2.05, 4.69) is 60.7 Å². The van der Waals surface area contributed by atoms with Crippen LogP contribution in [0.4, 0.5) is 11.4 Å². The van der Waals surface area contributed by atoms with Crippen LogP contribution < -0.4 is 15.5 Å². The van der Waals surface area contributed by atoms with Crippen molar-refractivity contribution in [3.05, 3.63) is 24.3 Å². The lowest BCUT2D eigenvalue weighted by molar-refractivity contribution is 0.442. The Bertz CT molecular complexity index is 368. The van der Waals surface area contributed by atoms with Gasteiger partial charge in [0.1, 0.15) is 0 Å². The lowest BCUT2D eigenvalue weighted by Crippen LogP contribution is -2.41. The average molecular weight is 247 g/mol. The van der Waals surface area contributed by atoms with Crippen molar-refractivity contribution in [1.82, 2.24) is 5.32 Å². The Labute approximate surface area is 111 Å². The first-order chi connectivity index (χ1) is 8.70. The monoisotopic (exact) mass is 247 g/mol. The lowest BCUT2D eigenvalue weighted by atomic mass is 10.0. The Morgan fingerprint density at radius 1 is 1.17 bits per heavy atom.